The molecule has 0 radical (unpaired) electrons. The molecule has 4 aromatic rings. The normalized spacial score (nSPS) is 15.7. The van der Waals surface area contributed by atoms with Gasteiger partial charge in [-0.25, -0.2) is 14.6 Å². The van der Waals surface area contributed by atoms with Crippen LogP contribution in [-0.2, 0) is 6.54 Å². The minimum atomic E-state index is -4.77. The number of hydrogen-bond acceptors (Lipinski definition) is 5. The summed E-state index contributed by atoms with van der Waals surface area (Å²) in [6.45, 7) is 2.55. The molecule has 10 heteroatoms. The lowest BCUT2D eigenvalue weighted by Gasteiger charge is -2.24. The van der Waals surface area contributed by atoms with E-state index in [0.29, 0.717) is 35.9 Å². The second-order valence-corrected chi connectivity index (χ2v) is 8.11. The third-order valence-corrected chi connectivity index (χ3v) is 5.82. The van der Waals surface area contributed by atoms with Crippen LogP contribution in [-0.4, -0.2) is 37.8 Å². The molecule has 1 unspecified atom stereocenters. The number of halogens is 3. The zero-order valence-corrected chi connectivity index (χ0v) is 18.6. The van der Waals surface area contributed by atoms with Gasteiger partial charge >= 0.3 is 6.36 Å². The average molecular weight is 469 g/mol. The minimum Gasteiger partial charge on any atom is -0.495 e. The van der Waals surface area contributed by atoms with Gasteiger partial charge in [-0.1, -0.05) is 18.2 Å². The molecule has 3 heterocycles. The Balaban J connectivity index is 1.52. The van der Waals surface area contributed by atoms with Gasteiger partial charge in [-0.05, 0) is 44.0 Å². The highest BCUT2D eigenvalue weighted by atomic mass is 19.4. The van der Waals surface area contributed by atoms with Gasteiger partial charge in [0.25, 0.3) is 0 Å². The third-order valence-electron chi connectivity index (χ3n) is 5.82. The number of benzene rings is 2. The van der Waals surface area contributed by atoms with E-state index >= 15 is 0 Å². The van der Waals surface area contributed by atoms with Crippen molar-refractivity contribution in [2.24, 2.45) is 0 Å². The Morgan fingerprint density at radius 3 is 2.65 bits per heavy atom. The molecule has 1 aliphatic heterocycles. The highest BCUT2D eigenvalue weighted by Crippen LogP contribution is 2.40. The topological polar surface area (TPSA) is 67.0 Å². The van der Waals surface area contributed by atoms with E-state index in [0.717, 1.165) is 23.4 Å². The molecular formula is C24H22F3N5O2. The zero-order chi connectivity index (χ0) is 23.9. The molecule has 2 aromatic heterocycles. The average Bonchev–Trinajstić information content (AvgIpc) is 3.44. The largest absolute Gasteiger partial charge is 0.573 e. The molecule has 0 aliphatic carbocycles. The lowest BCUT2D eigenvalue weighted by atomic mass is 9.90. The number of aryl methyl sites for hydroxylation is 2. The zero-order valence-electron chi connectivity index (χ0n) is 18.6. The van der Waals surface area contributed by atoms with Gasteiger partial charge in [0.05, 0.1) is 24.8 Å². The van der Waals surface area contributed by atoms with E-state index in [1.807, 2.05) is 35.9 Å². The molecule has 34 heavy (non-hydrogen) atoms. The molecule has 0 saturated carbocycles. The first kappa shape index (κ1) is 22.0. The number of fused-ring (bicyclic) bond motifs is 1. The Kier molecular flexibility index (Phi) is 5.51. The second-order valence-electron chi connectivity index (χ2n) is 8.11. The van der Waals surface area contributed by atoms with Crippen LogP contribution in [0.25, 0.3) is 17.1 Å². The first-order chi connectivity index (χ1) is 16.3. The smallest absolute Gasteiger partial charge is 0.495 e. The van der Waals surface area contributed by atoms with Crippen molar-refractivity contribution in [3.63, 3.8) is 0 Å². The number of hydrogen-bond donors (Lipinski definition) is 0. The monoisotopic (exact) mass is 469 g/mol. The summed E-state index contributed by atoms with van der Waals surface area (Å²) in [5.74, 6) is 1.17. The quantitative estimate of drug-likeness (QED) is 0.398. The molecule has 176 valence electrons. The van der Waals surface area contributed by atoms with Gasteiger partial charge in [0.15, 0.2) is 5.82 Å². The lowest BCUT2D eigenvalue weighted by Crippen LogP contribution is -2.21. The molecule has 0 N–H and O–H groups in total. The summed E-state index contributed by atoms with van der Waals surface area (Å²) >= 11 is 0. The summed E-state index contributed by atoms with van der Waals surface area (Å²) in [6, 6.07) is 11.9. The van der Waals surface area contributed by atoms with Crippen LogP contribution < -0.4 is 9.47 Å². The summed E-state index contributed by atoms with van der Waals surface area (Å²) in [6.07, 6.45) is 0.263. The van der Waals surface area contributed by atoms with Gasteiger partial charge < -0.3 is 14.0 Å². The number of ether oxygens (including phenoxy) is 2. The molecule has 1 atom stereocenters. The van der Waals surface area contributed by atoms with Crippen molar-refractivity contribution >= 4 is 0 Å². The van der Waals surface area contributed by atoms with E-state index in [9.17, 15) is 13.2 Å². The van der Waals surface area contributed by atoms with Gasteiger partial charge in [0.1, 0.15) is 17.3 Å². The molecule has 0 fully saturated rings. The first-order valence-electron chi connectivity index (χ1n) is 10.8. The number of alkyl halides is 3. The summed E-state index contributed by atoms with van der Waals surface area (Å²) in [7, 11) is 1.59. The molecule has 0 bridgehead atoms. The van der Waals surface area contributed by atoms with Crippen molar-refractivity contribution in [1.29, 1.82) is 0 Å². The van der Waals surface area contributed by atoms with Gasteiger partial charge in [-0.2, -0.15) is 5.10 Å². The Bertz CT molecular complexity index is 1330. The van der Waals surface area contributed by atoms with E-state index < -0.39 is 6.36 Å². The SMILES string of the molecule is COc1cc(-c2nc3n(n2)CCCC3c2ccccc2OC(F)(F)F)ccc1-n1cnc(C)c1. The highest BCUT2D eigenvalue weighted by molar-refractivity contribution is 5.63. The maximum Gasteiger partial charge on any atom is 0.573 e. The van der Waals surface area contributed by atoms with E-state index in [2.05, 4.69) is 14.8 Å². The lowest BCUT2D eigenvalue weighted by molar-refractivity contribution is -0.275. The van der Waals surface area contributed by atoms with E-state index in [-0.39, 0.29) is 11.7 Å². The summed E-state index contributed by atoms with van der Waals surface area (Å²) < 4.78 is 52.4. The molecule has 0 amide bonds. The van der Waals surface area contributed by atoms with Crippen molar-refractivity contribution < 1.29 is 22.6 Å². The minimum absolute atomic E-state index is 0.209. The fourth-order valence-electron chi connectivity index (χ4n) is 4.34. The summed E-state index contributed by atoms with van der Waals surface area (Å²) in [4.78, 5) is 9.00. The second kappa shape index (κ2) is 8.51. The van der Waals surface area contributed by atoms with Crippen molar-refractivity contribution in [3.05, 3.63) is 72.1 Å². The van der Waals surface area contributed by atoms with Crippen LogP contribution in [0.5, 0.6) is 11.5 Å². The number of methoxy groups -OCH3 is 1. The van der Waals surface area contributed by atoms with Gasteiger partial charge in [0.2, 0.25) is 0 Å². The third kappa shape index (κ3) is 4.23. The van der Waals surface area contributed by atoms with Crippen LogP contribution >= 0.6 is 0 Å². The van der Waals surface area contributed by atoms with Crippen molar-refractivity contribution in [2.45, 2.75) is 38.6 Å². The summed E-state index contributed by atoms with van der Waals surface area (Å²) in [5, 5.41) is 4.65. The Hall–Kier alpha value is -3.82. The summed E-state index contributed by atoms with van der Waals surface area (Å²) in [5.41, 5.74) is 2.91. The van der Waals surface area contributed by atoms with Gasteiger partial charge in [-0.15, -0.1) is 13.2 Å². The maximum absolute atomic E-state index is 13.0. The van der Waals surface area contributed by atoms with Crippen LogP contribution in [0.3, 0.4) is 0 Å². The highest BCUT2D eigenvalue weighted by Gasteiger charge is 2.35. The molecule has 5 rings (SSSR count). The molecule has 0 saturated heterocycles. The predicted octanol–water partition coefficient (Wildman–Crippen LogP) is 5.27. The Morgan fingerprint density at radius 1 is 1.09 bits per heavy atom. The molecular weight excluding hydrogens is 447 g/mol. The van der Waals surface area contributed by atoms with E-state index in [1.165, 1.54) is 12.1 Å². The van der Waals surface area contributed by atoms with Crippen LogP contribution in [0.4, 0.5) is 13.2 Å². The van der Waals surface area contributed by atoms with Crippen LogP contribution in [0.15, 0.2) is 55.0 Å². The van der Waals surface area contributed by atoms with Gasteiger partial charge in [-0.3, -0.25) is 0 Å². The molecule has 1 aliphatic rings. The Labute approximate surface area is 193 Å². The van der Waals surface area contributed by atoms with Crippen molar-refractivity contribution in [2.75, 3.05) is 7.11 Å². The van der Waals surface area contributed by atoms with Gasteiger partial charge in [0, 0.05) is 29.8 Å². The predicted molar refractivity (Wildman–Crippen MR) is 118 cm³/mol. The number of para-hydroxylation sites is 1. The molecule has 2 aromatic carbocycles. The van der Waals surface area contributed by atoms with Crippen molar-refractivity contribution in [3.8, 4) is 28.6 Å². The number of aromatic nitrogens is 5. The van der Waals surface area contributed by atoms with Crippen molar-refractivity contribution in [1.82, 2.24) is 24.3 Å². The fraction of sp³-hybridized carbons (Fsp3) is 0.292. The maximum atomic E-state index is 13.0. The Morgan fingerprint density at radius 2 is 1.91 bits per heavy atom. The standard InChI is InChI=1S/C24H22F3N5O2/c1-15-13-31(14-28-15)19-10-9-16(12-21(19)33-2)22-29-23-18(7-5-11-32(23)30-22)17-6-3-4-8-20(17)34-24(25,26)27/h3-4,6,8-10,12-14,18H,5,7,11H2,1-2H3. The number of rotatable bonds is 5. The first-order valence-corrected chi connectivity index (χ1v) is 10.8. The fourth-order valence-corrected chi connectivity index (χ4v) is 4.34. The van der Waals surface area contributed by atoms with E-state index in [4.69, 9.17) is 9.72 Å². The number of nitrogens with zero attached hydrogens (tertiary/aromatic N) is 5. The number of imidazole rings is 1. The van der Waals surface area contributed by atoms with E-state index in [1.54, 1.807) is 30.3 Å². The van der Waals surface area contributed by atoms with Crippen LogP contribution in [0.1, 0.15) is 35.8 Å². The molecule has 7 nitrogen and oxygen atoms in total. The van der Waals surface area contributed by atoms with Crippen LogP contribution in [0, 0.1) is 6.92 Å². The molecule has 0 spiro atoms. The van der Waals surface area contributed by atoms with Crippen LogP contribution in [0.2, 0.25) is 0 Å².